The molecular formula is C50H45N3O8. The van der Waals surface area contributed by atoms with Gasteiger partial charge in [-0.25, -0.2) is 0 Å². The van der Waals surface area contributed by atoms with Crippen molar-refractivity contribution in [1.29, 1.82) is 0 Å². The van der Waals surface area contributed by atoms with Crippen molar-refractivity contribution in [2.24, 2.45) is 23.7 Å². The fourth-order valence-corrected chi connectivity index (χ4v) is 10.2. The number of anilines is 2. The first-order chi connectivity index (χ1) is 29.6. The molecule has 308 valence electrons. The molecule has 4 amide bonds. The maximum absolute atomic E-state index is 15.4. The molecular weight excluding hydrogens is 771 g/mol. The van der Waals surface area contributed by atoms with Crippen molar-refractivity contribution in [3.05, 3.63) is 155 Å². The summed E-state index contributed by atoms with van der Waals surface area (Å²) in [6.45, 7) is 1.96. The normalized spacial score (nSPS) is 24.3. The molecule has 5 aromatic rings. The first-order valence-electron chi connectivity index (χ1n) is 20.3. The lowest BCUT2D eigenvalue weighted by atomic mass is 9.49. The van der Waals surface area contributed by atoms with Crippen LogP contribution in [0.25, 0.3) is 12.2 Å². The first-order valence-corrected chi connectivity index (χ1v) is 20.3. The van der Waals surface area contributed by atoms with E-state index in [9.17, 15) is 19.5 Å². The van der Waals surface area contributed by atoms with Crippen LogP contribution in [0.4, 0.5) is 11.4 Å². The molecule has 2 aliphatic carbocycles. The number of phenols is 1. The Morgan fingerprint density at radius 3 is 2.15 bits per heavy atom. The summed E-state index contributed by atoms with van der Waals surface area (Å²) in [5.74, 6) is -3.72. The third-order valence-electron chi connectivity index (χ3n) is 13.0. The van der Waals surface area contributed by atoms with Crippen molar-refractivity contribution >= 4 is 47.2 Å². The highest BCUT2D eigenvalue weighted by Crippen LogP contribution is 2.64. The Labute approximate surface area is 353 Å². The van der Waals surface area contributed by atoms with Crippen LogP contribution in [0.1, 0.15) is 46.6 Å². The van der Waals surface area contributed by atoms with Gasteiger partial charge in [-0.1, -0.05) is 90.0 Å². The molecule has 0 bridgehead atoms. The van der Waals surface area contributed by atoms with E-state index in [4.69, 9.17) is 14.2 Å². The fourth-order valence-electron chi connectivity index (χ4n) is 10.2. The number of hydrogen-bond acceptors (Lipinski definition) is 9. The minimum Gasteiger partial charge on any atom is -0.504 e. The largest absolute Gasteiger partial charge is 0.504 e. The number of carbonyl (C=O) groups is 4. The molecule has 2 heterocycles. The number of hydrazine groups is 1. The Morgan fingerprint density at radius 2 is 1.46 bits per heavy atom. The minimum atomic E-state index is -1.46. The van der Waals surface area contributed by atoms with E-state index >= 15 is 4.79 Å². The smallest absolute Gasteiger partial charge is 0.260 e. The van der Waals surface area contributed by atoms with Crippen LogP contribution in [0.5, 0.6) is 23.0 Å². The van der Waals surface area contributed by atoms with Crippen molar-refractivity contribution in [2.75, 3.05) is 31.7 Å². The van der Waals surface area contributed by atoms with E-state index in [-0.39, 0.29) is 36.2 Å². The van der Waals surface area contributed by atoms with E-state index in [1.807, 2.05) is 116 Å². The summed E-state index contributed by atoms with van der Waals surface area (Å²) in [5.41, 5.74) is 7.39. The zero-order valence-corrected chi connectivity index (χ0v) is 34.2. The first kappa shape index (κ1) is 39.3. The van der Waals surface area contributed by atoms with Gasteiger partial charge >= 0.3 is 0 Å². The summed E-state index contributed by atoms with van der Waals surface area (Å²) in [4.78, 5) is 60.8. The van der Waals surface area contributed by atoms with E-state index in [2.05, 4.69) is 5.43 Å². The number of amides is 4. The number of aryl methyl sites for hydroxylation is 1. The molecule has 2 aliphatic heterocycles. The van der Waals surface area contributed by atoms with Crippen molar-refractivity contribution in [3.63, 3.8) is 0 Å². The monoisotopic (exact) mass is 815 g/mol. The molecule has 3 fully saturated rings. The van der Waals surface area contributed by atoms with Crippen molar-refractivity contribution in [1.82, 2.24) is 5.01 Å². The molecule has 0 spiro atoms. The molecule has 0 aromatic heterocycles. The number of benzene rings is 5. The van der Waals surface area contributed by atoms with Crippen molar-refractivity contribution in [2.45, 2.75) is 31.1 Å². The molecule has 5 aromatic carbocycles. The summed E-state index contributed by atoms with van der Waals surface area (Å²) < 4.78 is 16.3. The highest BCUT2D eigenvalue weighted by molar-refractivity contribution is 6.22. The summed E-state index contributed by atoms with van der Waals surface area (Å²) in [6.07, 6.45) is 6.25. The van der Waals surface area contributed by atoms with Crippen LogP contribution in [-0.4, -0.2) is 55.1 Å². The lowest BCUT2D eigenvalue weighted by Gasteiger charge is -2.50. The third-order valence-corrected chi connectivity index (χ3v) is 13.0. The van der Waals surface area contributed by atoms with Gasteiger partial charge in [0.2, 0.25) is 11.8 Å². The molecule has 2 saturated heterocycles. The molecule has 11 heteroatoms. The quantitative estimate of drug-likeness (QED) is 0.0815. The Morgan fingerprint density at radius 1 is 0.738 bits per heavy atom. The summed E-state index contributed by atoms with van der Waals surface area (Å²) in [5, 5.41) is 12.3. The van der Waals surface area contributed by atoms with E-state index in [1.54, 1.807) is 38.5 Å². The van der Waals surface area contributed by atoms with Gasteiger partial charge in [-0.2, -0.15) is 5.01 Å². The number of phenolic OH excluding ortho intramolecular Hbond substituents is 1. The molecule has 2 N–H and O–H groups in total. The maximum Gasteiger partial charge on any atom is 0.260 e. The zero-order chi connectivity index (χ0) is 42.6. The summed E-state index contributed by atoms with van der Waals surface area (Å²) in [6, 6.07) is 34.5. The van der Waals surface area contributed by atoms with Crippen molar-refractivity contribution in [3.8, 4) is 23.0 Å². The topological polar surface area (TPSA) is 135 Å². The summed E-state index contributed by atoms with van der Waals surface area (Å²) in [7, 11) is 4.67. The SMILES string of the molecule is COc1ccc(OC)c(C=Cc2ccc(N3C(=O)[C@H]4[C@H](CC=C5[C@H]4C[C@H]4C(=O)N(Nc6ccc(C)cc6)C(=O)[C@@]4(c4ccccc4)[C@H]5c4ccc(OC)c(O)c4)C3=O)cc2)c1. The Balaban J connectivity index is 1.11. The number of ether oxygens (including phenoxy) is 3. The third kappa shape index (κ3) is 6.34. The van der Waals surface area contributed by atoms with E-state index < -0.39 is 46.8 Å². The molecule has 4 aliphatic rings. The van der Waals surface area contributed by atoms with E-state index in [0.717, 1.165) is 27.3 Å². The van der Waals surface area contributed by atoms with Crippen LogP contribution >= 0.6 is 0 Å². The lowest BCUT2D eigenvalue weighted by molar-refractivity contribution is -0.138. The van der Waals surface area contributed by atoms with Gasteiger partial charge in [-0.15, -0.1) is 0 Å². The molecule has 6 atom stereocenters. The maximum atomic E-state index is 15.4. The van der Waals surface area contributed by atoms with Crippen LogP contribution in [0.3, 0.4) is 0 Å². The standard InChI is InChI=1S/C50H45N3O8/c1-29-10-17-34(18-11-29)51-53-47(56)40-28-39-37(45(32-16-24-43(61-4)41(54)27-32)50(40,49(53)58)33-8-6-5-7-9-33)22-23-38-44(39)48(57)52(46(38)55)35-19-13-30(14-20-35)12-15-31-26-36(59-2)21-25-42(31)60-3/h5-22,24-27,38-40,44-45,51,54H,23,28H2,1-4H3/t38-,39+,40-,44-,45-,50+/m0/s1. The zero-order valence-electron chi connectivity index (χ0n) is 34.2. The summed E-state index contributed by atoms with van der Waals surface area (Å²) >= 11 is 0. The van der Waals surface area contributed by atoms with Crippen LogP contribution in [-0.2, 0) is 24.6 Å². The number of fused-ring (bicyclic) bond motifs is 4. The molecule has 0 unspecified atom stereocenters. The van der Waals surface area contributed by atoms with Crippen LogP contribution in [0.2, 0.25) is 0 Å². The number of nitrogens with zero attached hydrogens (tertiary/aromatic N) is 2. The second-order valence-corrected chi connectivity index (χ2v) is 16.1. The Hall–Kier alpha value is -7.14. The van der Waals surface area contributed by atoms with Gasteiger partial charge in [-0.3, -0.25) is 29.5 Å². The minimum absolute atomic E-state index is 0.123. The van der Waals surface area contributed by atoms with Crippen LogP contribution in [0.15, 0.2) is 127 Å². The van der Waals surface area contributed by atoms with Crippen LogP contribution in [0, 0.1) is 30.6 Å². The molecule has 61 heavy (non-hydrogen) atoms. The van der Waals surface area contributed by atoms with E-state index in [1.165, 1.54) is 12.0 Å². The average Bonchev–Trinajstić information content (AvgIpc) is 3.67. The molecule has 9 rings (SSSR count). The van der Waals surface area contributed by atoms with Gasteiger partial charge in [0.15, 0.2) is 11.5 Å². The number of rotatable bonds is 10. The molecule has 11 nitrogen and oxygen atoms in total. The highest BCUT2D eigenvalue weighted by Gasteiger charge is 2.70. The second kappa shape index (κ2) is 15.5. The number of hydrogen-bond donors (Lipinski definition) is 2. The molecule has 0 radical (unpaired) electrons. The Kier molecular flexibility index (Phi) is 9.97. The number of methoxy groups -OCH3 is 3. The fraction of sp³-hybridized carbons (Fsp3) is 0.240. The van der Waals surface area contributed by atoms with Gasteiger partial charge in [0.1, 0.15) is 11.5 Å². The van der Waals surface area contributed by atoms with Gasteiger partial charge < -0.3 is 19.3 Å². The number of carbonyl (C=O) groups excluding carboxylic acids is 4. The van der Waals surface area contributed by atoms with Gasteiger partial charge in [0.25, 0.3) is 11.8 Å². The lowest BCUT2D eigenvalue weighted by Crippen LogP contribution is -2.53. The van der Waals surface area contributed by atoms with E-state index in [0.29, 0.717) is 34.0 Å². The number of aromatic hydroxyl groups is 1. The average molecular weight is 816 g/mol. The predicted octanol–water partition coefficient (Wildman–Crippen LogP) is 8.09. The molecule has 1 saturated carbocycles. The number of allylic oxidation sites excluding steroid dienone is 2. The predicted molar refractivity (Wildman–Crippen MR) is 231 cm³/mol. The van der Waals surface area contributed by atoms with Gasteiger partial charge in [0, 0.05) is 11.5 Å². The van der Waals surface area contributed by atoms with Gasteiger partial charge in [0.05, 0.1) is 55.9 Å². The number of imide groups is 2. The van der Waals surface area contributed by atoms with Crippen LogP contribution < -0.4 is 24.5 Å². The highest BCUT2D eigenvalue weighted by atomic mass is 16.5. The van der Waals surface area contributed by atoms with Gasteiger partial charge in [-0.05, 0) is 97.0 Å². The Bertz CT molecular complexity index is 2620. The second-order valence-electron chi connectivity index (χ2n) is 16.1. The van der Waals surface area contributed by atoms with Crippen molar-refractivity contribution < 1.29 is 38.5 Å². The number of nitrogens with one attached hydrogen (secondary N) is 1.